The summed E-state index contributed by atoms with van der Waals surface area (Å²) < 4.78 is 42.9. The molecule has 0 radical (unpaired) electrons. The van der Waals surface area contributed by atoms with Crippen LogP contribution in [-0.2, 0) is 6.54 Å². The van der Waals surface area contributed by atoms with Crippen molar-refractivity contribution >= 4 is 19.7 Å². The summed E-state index contributed by atoms with van der Waals surface area (Å²) in [7, 11) is 1.20. The maximum Gasteiger partial charge on any atom is 0.251 e. The van der Waals surface area contributed by atoms with Gasteiger partial charge in [0.05, 0.1) is 30.5 Å². The van der Waals surface area contributed by atoms with Crippen molar-refractivity contribution in [1.29, 1.82) is 0 Å². The van der Waals surface area contributed by atoms with Crippen molar-refractivity contribution < 1.29 is 18.3 Å². The molecule has 0 bridgehead atoms. The molecule has 0 amide bonds. The number of halogens is 3. The first-order valence-corrected chi connectivity index (χ1v) is 14.6. The van der Waals surface area contributed by atoms with Gasteiger partial charge in [0.2, 0.25) is 0 Å². The summed E-state index contributed by atoms with van der Waals surface area (Å²) in [5, 5.41) is 0.226. The molecule has 2 aromatic carbocycles. The van der Waals surface area contributed by atoms with Crippen LogP contribution < -0.4 is 15.0 Å². The first kappa shape index (κ1) is 25.5. The van der Waals surface area contributed by atoms with Gasteiger partial charge in [-0.1, -0.05) is 37.2 Å². The Kier molecular flexibility index (Phi) is 7.54. The van der Waals surface area contributed by atoms with Crippen molar-refractivity contribution in [3.63, 3.8) is 0 Å². The number of hydrogen-bond acceptors (Lipinski definition) is 3. The van der Waals surface area contributed by atoms with Crippen LogP contribution in [-0.4, -0.2) is 26.9 Å². The predicted octanol–water partition coefficient (Wildman–Crippen LogP) is 6.38. The van der Waals surface area contributed by atoms with E-state index in [0.717, 1.165) is 0 Å². The molecule has 0 aliphatic heterocycles. The SMILES string of the molecule is CCn1c(-c2c(F)cc(C#C[Si](C)(C)C)cc2F)c(-c2cc(OC)cc(OC)c2Cl)ccc1=O. The molecule has 0 saturated heterocycles. The molecule has 34 heavy (non-hydrogen) atoms. The van der Waals surface area contributed by atoms with Gasteiger partial charge in [0, 0.05) is 35.4 Å². The average molecular weight is 502 g/mol. The number of rotatable bonds is 5. The van der Waals surface area contributed by atoms with Crippen LogP contribution in [0.25, 0.3) is 22.4 Å². The third kappa shape index (κ3) is 5.19. The lowest BCUT2D eigenvalue weighted by Crippen LogP contribution is -2.21. The van der Waals surface area contributed by atoms with E-state index in [1.807, 2.05) is 19.6 Å². The van der Waals surface area contributed by atoms with Crippen molar-refractivity contribution in [2.45, 2.75) is 33.1 Å². The molecule has 1 aromatic heterocycles. The van der Waals surface area contributed by atoms with E-state index in [1.165, 1.54) is 43.1 Å². The second kappa shape index (κ2) is 10.0. The molecular weight excluding hydrogens is 476 g/mol. The normalized spacial score (nSPS) is 11.1. The van der Waals surface area contributed by atoms with Gasteiger partial charge in [0.15, 0.2) is 0 Å². The van der Waals surface area contributed by atoms with Crippen molar-refractivity contribution in [2.24, 2.45) is 0 Å². The Morgan fingerprint density at radius 2 is 1.65 bits per heavy atom. The monoisotopic (exact) mass is 501 g/mol. The zero-order valence-corrected chi connectivity index (χ0v) is 21.7. The van der Waals surface area contributed by atoms with Gasteiger partial charge in [-0.05, 0) is 31.2 Å². The molecule has 0 spiro atoms. The minimum atomic E-state index is -1.74. The molecule has 0 saturated carbocycles. The summed E-state index contributed by atoms with van der Waals surface area (Å²) in [6.07, 6.45) is 0. The van der Waals surface area contributed by atoms with E-state index in [-0.39, 0.29) is 28.4 Å². The molecular formula is C26H26ClF2NO3Si. The largest absolute Gasteiger partial charge is 0.497 e. The molecule has 0 aliphatic rings. The zero-order chi connectivity index (χ0) is 25.2. The van der Waals surface area contributed by atoms with Crippen LogP contribution in [0.1, 0.15) is 12.5 Å². The summed E-state index contributed by atoms with van der Waals surface area (Å²) in [5.74, 6) is 2.01. The molecule has 0 N–H and O–H groups in total. The highest BCUT2D eigenvalue weighted by Gasteiger charge is 2.24. The van der Waals surface area contributed by atoms with Crippen molar-refractivity contribution in [1.82, 2.24) is 4.57 Å². The first-order valence-electron chi connectivity index (χ1n) is 10.7. The summed E-state index contributed by atoms with van der Waals surface area (Å²) in [4.78, 5) is 12.7. The number of aromatic nitrogens is 1. The molecule has 4 nitrogen and oxygen atoms in total. The molecule has 0 unspecified atom stereocenters. The minimum Gasteiger partial charge on any atom is -0.497 e. The standard InChI is InChI=1S/C26H26ClF2NO3Si/c1-7-30-23(31)9-8-18(19-14-17(32-2)15-22(33-3)25(19)27)26(30)24-20(28)12-16(13-21(24)29)10-11-34(4,5)6/h8-9,12-15H,7H2,1-6H3. The Hall–Kier alpha value is -3.08. The molecule has 1 heterocycles. The molecule has 0 fully saturated rings. The third-order valence-corrected chi connectivity index (χ3v) is 6.38. The van der Waals surface area contributed by atoms with E-state index in [1.54, 1.807) is 19.1 Å². The van der Waals surface area contributed by atoms with Crippen LogP contribution in [0.2, 0.25) is 24.7 Å². The van der Waals surface area contributed by atoms with E-state index >= 15 is 8.78 Å². The molecule has 8 heteroatoms. The lowest BCUT2D eigenvalue weighted by atomic mass is 9.96. The molecule has 3 rings (SSSR count). The molecule has 178 valence electrons. The predicted molar refractivity (Wildman–Crippen MR) is 136 cm³/mol. The van der Waals surface area contributed by atoms with E-state index in [2.05, 4.69) is 11.5 Å². The van der Waals surface area contributed by atoms with Gasteiger partial charge in [0.1, 0.15) is 31.2 Å². The fourth-order valence-corrected chi connectivity index (χ4v) is 4.35. The van der Waals surface area contributed by atoms with Gasteiger partial charge in [-0.2, -0.15) is 0 Å². The van der Waals surface area contributed by atoms with E-state index in [0.29, 0.717) is 22.6 Å². The number of methoxy groups -OCH3 is 2. The van der Waals surface area contributed by atoms with Crippen LogP contribution in [0.3, 0.4) is 0 Å². The Morgan fingerprint density at radius 1 is 1.00 bits per heavy atom. The topological polar surface area (TPSA) is 40.5 Å². The Labute approximate surface area is 204 Å². The fraction of sp³-hybridized carbons (Fsp3) is 0.269. The van der Waals surface area contributed by atoms with Crippen molar-refractivity contribution in [3.8, 4) is 45.3 Å². The summed E-state index contributed by atoms with van der Waals surface area (Å²) in [6.45, 7) is 8.05. The van der Waals surface area contributed by atoms with E-state index in [9.17, 15) is 4.79 Å². The van der Waals surface area contributed by atoms with Gasteiger partial charge in [-0.25, -0.2) is 8.78 Å². The fourth-order valence-electron chi connectivity index (χ4n) is 3.55. The minimum absolute atomic E-state index is 0.0758. The van der Waals surface area contributed by atoms with Crippen LogP contribution in [0.4, 0.5) is 8.78 Å². The number of nitrogens with zero attached hydrogens (tertiary/aromatic N) is 1. The summed E-state index contributed by atoms with van der Waals surface area (Å²) in [5.41, 5.74) is 3.48. The van der Waals surface area contributed by atoms with Crippen LogP contribution in [0.15, 0.2) is 41.2 Å². The highest BCUT2D eigenvalue weighted by Crippen LogP contribution is 2.43. The maximum absolute atomic E-state index is 15.5. The number of benzene rings is 2. The van der Waals surface area contributed by atoms with E-state index < -0.39 is 25.3 Å². The Morgan fingerprint density at radius 3 is 2.18 bits per heavy atom. The third-order valence-electron chi connectivity index (χ3n) is 5.12. The van der Waals surface area contributed by atoms with Gasteiger partial charge >= 0.3 is 0 Å². The van der Waals surface area contributed by atoms with Gasteiger partial charge in [-0.3, -0.25) is 4.79 Å². The van der Waals surface area contributed by atoms with E-state index in [4.69, 9.17) is 21.1 Å². The van der Waals surface area contributed by atoms with Crippen molar-refractivity contribution in [2.75, 3.05) is 14.2 Å². The maximum atomic E-state index is 15.5. The summed E-state index contributed by atoms with van der Waals surface area (Å²) >= 11 is 6.59. The zero-order valence-electron chi connectivity index (χ0n) is 20.0. The molecule has 0 atom stereocenters. The smallest absolute Gasteiger partial charge is 0.251 e. The highest BCUT2D eigenvalue weighted by molar-refractivity contribution is 6.83. The lowest BCUT2D eigenvalue weighted by Gasteiger charge is -2.19. The average Bonchev–Trinajstić information content (AvgIpc) is 2.77. The lowest BCUT2D eigenvalue weighted by molar-refractivity contribution is 0.395. The summed E-state index contributed by atoms with van der Waals surface area (Å²) in [6, 6.07) is 8.48. The van der Waals surface area contributed by atoms with Gasteiger partial charge < -0.3 is 14.0 Å². The molecule has 0 aliphatic carbocycles. The van der Waals surface area contributed by atoms with Crippen LogP contribution in [0.5, 0.6) is 11.5 Å². The highest BCUT2D eigenvalue weighted by atomic mass is 35.5. The second-order valence-corrected chi connectivity index (χ2v) is 13.8. The Balaban J connectivity index is 2.38. The number of hydrogen-bond donors (Lipinski definition) is 0. The molecule has 3 aromatic rings. The van der Waals surface area contributed by atoms with Crippen LogP contribution in [0, 0.1) is 23.1 Å². The van der Waals surface area contributed by atoms with Crippen molar-refractivity contribution in [3.05, 3.63) is 69.0 Å². The Bertz CT molecular complexity index is 1340. The number of pyridine rings is 1. The van der Waals surface area contributed by atoms with Gasteiger partial charge in [0.25, 0.3) is 5.56 Å². The first-order chi connectivity index (χ1) is 16.0. The quantitative estimate of drug-likeness (QED) is 0.301. The van der Waals surface area contributed by atoms with Crippen LogP contribution >= 0.6 is 11.6 Å². The number of ether oxygens (including phenoxy) is 2. The second-order valence-electron chi connectivity index (χ2n) is 8.68. The van der Waals surface area contributed by atoms with Gasteiger partial charge in [-0.15, -0.1) is 5.54 Å².